The second-order valence-electron chi connectivity index (χ2n) is 6.91. The van der Waals surface area contributed by atoms with Crippen LogP contribution < -0.4 is 5.32 Å². The van der Waals surface area contributed by atoms with Crippen LogP contribution in [0.1, 0.15) is 37.8 Å². The molecule has 0 aliphatic carbocycles. The maximum atomic E-state index is 13.2. The number of nitrogens with zero attached hydrogens (tertiary/aromatic N) is 1. The lowest BCUT2D eigenvalue weighted by Crippen LogP contribution is -2.50. The second kappa shape index (κ2) is 11.8. The van der Waals surface area contributed by atoms with E-state index in [1.54, 1.807) is 23.1 Å². The van der Waals surface area contributed by atoms with Crippen molar-refractivity contribution in [3.8, 4) is 0 Å². The molecular formula is C23H28Cl2N2O2. The number of carbonyl (C=O) groups excluding carboxylic acids is 2. The first-order chi connectivity index (χ1) is 14.0. The summed E-state index contributed by atoms with van der Waals surface area (Å²) in [6.07, 6.45) is 2.10. The number of hydrogen-bond donors (Lipinski definition) is 1. The van der Waals surface area contributed by atoms with Crippen molar-refractivity contribution in [1.82, 2.24) is 10.2 Å². The fourth-order valence-corrected chi connectivity index (χ4v) is 3.75. The fourth-order valence-electron chi connectivity index (χ4n) is 3.22. The minimum absolute atomic E-state index is 0.0604. The van der Waals surface area contributed by atoms with E-state index < -0.39 is 6.04 Å². The van der Waals surface area contributed by atoms with E-state index in [0.717, 1.165) is 12.0 Å². The molecule has 0 saturated heterocycles. The van der Waals surface area contributed by atoms with Crippen LogP contribution in [-0.4, -0.2) is 35.8 Å². The summed E-state index contributed by atoms with van der Waals surface area (Å²) in [5, 5.41) is 3.83. The summed E-state index contributed by atoms with van der Waals surface area (Å²) < 4.78 is 0. The Labute approximate surface area is 183 Å². The highest BCUT2D eigenvalue weighted by Crippen LogP contribution is 2.25. The van der Waals surface area contributed by atoms with Crippen molar-refractivity contribution in [2.75, 3.05) is 13.1 Å². The lowest BCUT2D eigenvalue weighted by Gasteiger charge is -2.31. The van der Waals surface area contributed by atoms with E-state index in [1.165, 1.54) is 0 Å². The van der Waals surface area contributed by atoms with Gasteiger partial charge in [-0.15, -0.1) is 0 Å². The Morgan fingerprint density at radius 3 is 2.24 bits per heavy atom. The van der Waals surface area contributed by atoms with Crippen molar-refractivity contribution in [1.29, 1.82) is 0 Å². The number of carbonyl (C=O) groups is 2. The Morgan fingerprint density at radius 2 is 1.66 bits per heavy atom. The van der Waals surface area contributed by atoms with Crippen molar-refractivity contribution in [3.05, 3.63) is 69.7 Å². The summed E-state index contributed by atoms with van der Waals surface area (Å²) in [5.74, 6) is -0.282. The SMILES string of the molecule is CCCNC(=O)[C@@H](CC)N(CCc1ccccc1)C(=O)Cc1c(Cl)cccc1Cl. The normalized spacial score (nSPS) is 11.7. The predicted molar refractivity (Wildman–Crippen MR) is 119 cm³/mol. The molecule has 2 aromatic carbocycles. The molecule has 1 N–H and O–H groups in total. The van der Waals surface area contributed by atoms with Gasteiger partial charge in [0.05, 0.1) is 6.42 Å². The first kappa shape index (κ1) is 23.2. The van der Waals surface area contributed by atoms with Gasteiger partial charge in [0.15, 0.2) is 0 Å². The first-order valence-corrected chi connectivity index (χ1v) is 10.8. The highest BCUT2D eigenvalue weighted by molar-refractivity contribution is 6.36. The lowest BCUT2D eigenvalue weighted by atomic mass is 10.1. The zero-order valence-electron chi connectivity index (χ0n) is 17.0. The summed E-state index contributed by atoms with van der Waals surface area (Å²) >= 11 is 12.5. The molecule has 6 heteroatoms. The van der Waals surface area contributed by atoms with Crippen LogP contribution in [0.4, 0.5) is 0 Å². The van der Waals surface area contributed by atoms with Crippen molar-refractivity contribution >= 4 is 35.0 Å². The summed E-state index contributed by atoms with van der Waals surface area (Å²) in [6, 6.07) is 14.6. The highest BCUT2D eigenvalue weighted by Gasteiger charge is 2.28. The molecule has 0 heterocycles. The molecule has 1 atom stereocenters. The molecule has 2 aromatic rings. The summed E-state index contributed by atoms with van der Waals surface area (Å²) in [4.78, 5) is 27.6. The third-order valence-corrected chi connectivity index (χ3v) is 5.52. The predicted octanol–water partition coefficient (Wildman–Crippen LogP) is 4.91. The topological polar surface area (TPSA) is 49.4 Å². The molecule has 4 nitrogen and oxygen atoms in total. The summed E-state index contributed by atoms with van der Waals surface area (Å²) in [7, 11) is 0. The Hall–Kier alpha value is -2.04. The minimum Gasteiger partial charge on any atom is -0.354 e. The maximum Gasteiger partial charge on any atom is 0.242 e. The van der Waals surface area contributed by atoms with Gasteiger partial charge in [0.25, 0.3) is 0 Å². The molecule has 0 fully saturated rings. The number of nitrogens with one attached hydrogen (secondary N) is 1. The van der Waals surface area contributed by atoms with E-state index in [4.69, 9.17) is 23.2 Å². The van der Waals surface area contributed by atoms with Crippen LogP contribution in [0.15, 0.2) is 48.5 Å². The van der Waals surface area contributed by atoms with Crippen LogP contribution >= 0.6 is 23.2 Å². The molecule has 0 radical (unpaired) electrons. The second-order valence-corrected chi connectivity index (χ2v) is 7.73. The van der Waals surface area contributed by atoms with Gasteiger partial charge in [-0.25, -0.2) is 0 Å². The third kappa shape index (κ3) is 6.76. The number of hydrogen-bond acceptors (Lipinski definition) is 2. The van der Waals surface area contributed by atoms with Crippen LogP contribution in [0.5, 0.6) is 0 Å². The van der Waals surface area contributed by atoms with Crippen molar-refractivity contribution in [3.63, 3.8) is 0 Å². The van der Waals surface area contributed by atoms with Crippen molar-refractivity contribution in [2.24, 2.45) is 0 Å². The van der Waals surface area contributed by atoms with E-state index >= 15 is 0 Å². The molecule has 2 amide bonds. The van der Waals surface area contributed by atoms with Gasteiger partial charge in [-0.05, 0) is 42.5 Å². The van der Waals surface area contributed by atoms with E-state index in [2.05, 4.69) is 5.32 Å². The average Bonchev–Trinajstić information content (AvgIpc) is 2.72. The monoisotopic (exact) mass is 434 g/mol. The molecule has 0 saturated carbocycles. The zero-order chi connectivity index (χ0) is 21.2. The first-order valence-electron chi connectivity index (χ1n) is 10.0. The smallest absolute Gasteiger partial charge is 0.242 e. The van der Waals surface area contributed by atoms with Gasteiger partial charge >= 0.3 is 0 Å². The van der Waals surface area contributed by atoms with Crippen molar-refractivity contribution < 1.29 is 9.59 Å². The Kier molecular flexibility index (Phi) is 9.49. The standard InChI is InChI=1S/C23H28Cl2N2O2/c1-3-14-26-23(29)21(4-2)27(15-13-17-9-6-5-7-10-17)22(28)16-18-19(24)11-8-12-20(18)25/h5-12,21H,3-4,13-16H2,1-2H3,(H,26,29)/t21-/m1/s1. The van der Waals surface area contributed by atoms with Gasteiger partial charge in [-0.2, -0.15) is 0 Å². The molecule has 2 rings (SSSR count). The maximum absolute atomic E-state index is 13.2. The zero-order valence-corrected chi connectivity index (χ0v) is 18.5. The van der Waals surface area contributed by atoms with Crippen LogP contribution in [-0.2, 0) is 22.4 Å². The molecule has 29 heavy (non-hydrogen) atoms. The van der Waals surface area contributed by atoms with Gasteiger partial charge in [-0.3, -0.25) is 9.59 Å². The number of halogens is 2. The number of benzene rings is 2. The minimum atomic E-state index is -0.529. The largest absolute Gasteiger partial charge is 0.354 e. The summed E-state index contributed by atoms with van der Waals surface area (Å²) in [5.41, 5.74) is 1.71. The molecule has 0 aliphatic heterocycles. The Bertz CT molecular complexity index is 792. The Balaban J connectivity index is 2.23. The van der Waals surface area contributed by atoms with E-state index in [1.807, 2.05) is 44.2 Å². The molecule has 0 unspecified atom stereocenters. The Morgan fingerprint density at radius 1 is 1.00 bits per heavy atom. The number of rotatable bonds is 10. The molecule has 0 aromatic heterocycles. The van der Waals surface area contributed by atoms with Crippen LogP contribution in [0.2, 0.25) is 10.0 Å². The van der Waals surface area contributed by atoms with Crippen LogP contribution in [0, 0.1) is 0 Å². The van der Waals surface area contributed by atoms with Crippen LogP contribution in [0.25, 0.3) is 0 Å². The van der Waals surface area contributed by atoms with Gasteiger partial charge in [0.1, 0.15) is 6.04 Å². The van der Waals surface area contributed by atoms with Gasteiger partial charge in [0.2, 0.25) is 11.8 Å². The van der Waals surface area contributed by atoms with Crippen LogP contribution in [0.3, 0.4) is 0 Å². The molecule has 0 aliphatic rings. The summed E-state index contributed by atoms with van der Waals surface area (Å²) in [6.45, 7) is 4.95. The van der Waals surface area contributed by atoms with Crippen molar-refractivity contribution in [2.45, 2.75) is 45.6 Å². The van der Waals surface area contributed by atoms with E-state index in [0.29, 0.717) is 41.5 Å². The quantitative estimate of drug-likeness (QED) is 0.577. The fraction of sp³-hybridized carbons (Fsp3) is 0.391. The molecule has 0 spiro atoms. The van der Waals surface area contributed by atoms with Gasteiger partial charge < -0.3 is 10.2 Å². The average molecular weight is 435 g/mol. The molecular weight excluding hydrogens is 407 g/mol. The third-order valence-electron chi connectivity index (χ3n) is 4.81. The molecule has 0 bridgehead atoms. The van der Waals surface area contributed by atoms with Gasteiger partial charge in [0, 0.05) is 23.1 Å². The molecule has 156 valence electrons. The highest BCUT2D eigenvalue weighted by atomic mass is 35.5. The van der Waals surface area contributed by atoms with E-state index in [-0.39, 0.29) is 18.2 Å². The number of amides is 2. The van der Waals surface area contributed by atoms with Gasteiger partial charge in [-0.1, -0.05) is 73.4 Å². The lowest BCUT2D eigenvalue weighted by molar-refractivity contribution is -0.140. The van der Waals surface area contributed by atoms with E-state index in [9.17, 15) is 9.59 Å².